The van der Waals surface area contributed by atoms with Gasteiger partial charge in [-0.3, -0.25) is 14.6 Å². The third kappa shape index (κ3) is 3.80. The first-order chi connectivity index (χ1) is 13.2. The van der Waals surface area contributed by atoms with E-state index in [4.69, 9.17) is 13.9 Å². The zero-order chi connectivity index (χ0) is 18.6. The molecule has 2 amide bonds. The molecule has 2 aliphatic rings. The van der Waals surface area contributed by atoms with Crippen LogP contribution in [-0.4, -0.2) is 71.6 Å². The molecule has 27 heavy (non-hydrogen) atoms. The summed E-state index contributed by atoms with van der Waals surface area (Å²) in [7, 11) is 0. The minimum Gasteiger partial charge on any atom is -0.487 e. The van der Waals surface area contributed by atoms with E-state index in [9.17, 15) is 9.59 Å². The SMILES string of the molecule is O=C([C@@H]1C[C@H](Oc2cccnc2)CN1C(=O)c1ccco1)N1CCOCC1. The summed E-state index contributed by atoms with van der Waals surface area (Å²) < 4.78 is 16.5. The first-order valence-electron chi connectivity index (χ1n) is 9.00. The van der Waals surface area contributed by atoms with Crippen molar-refractivity contribution in [3.63, 3.8) is 0 Å². The Morgan fingerprint density at radius 1 is 1.19 bits per heavy atom. The van der Waals surface area contributed by atoms with Crippen molar-refractivity contribution in [1.82, 2.24) is 14.8 Å². The van der Waals surface area contributed by atoms with Gasteiger partial charge in [0.05, 0.1) is 32.2 Å². The van der Waals surface area contributed by atoms with E-state index < -0.39 is 6.04 Å². The summed E-state index contributed by atoms with van der Waals surface area (Å²) >= 11 is 0. The van der Waals surface area contributed by atoms with Gasteiger partial charge in [-0.1, -0.05) is 0 Å². The predicted molar refractivity (Wildman–Crippen MR) is 94.2 cm³/mol. The maximum atomic E-state index is 13.1. The quantitative estimate of drug-likeness (QED) is 0.803. The largest absolute Gasteiger partial charge is 0.487 e. The van der Waals surface area contributed by atoms with Gasteiger partial charge in [-0.25, -0.2) is 0 Å². The van der Waals surface area contributed by atoms with Crippen LogP contribution in [0.1, 0.15) is 17.0 Å². The monoisotopic (exact) mass is 371 g/mol. The van der Waals surface area contributed by atoms with Crippen molar-refractivity contribution in [2.75, 3.05) is 32.8 Å². The third-order valence-corrected chi connectivity index (χ3v) is 4.80. The Morgan fingerprint density at radius 2 is 2.04 bits per heavy atom. The van der Waals surface area contributed by atoms with E-state index in [2.05, 4.69) is 4.98 Å². The van der Waals surface area contributed by atoms with Crippen molar-refractivity contribution in [2.24, 2.45) is 0 Å². The fraction of sp³-hybridized carbons (Fsp3) is 0.421. The Kier molecular flexibility index (Phi) is 5.06. The second-order valence-electron chi connectivity index (χ2n) is 6.55. The molecule has 0 aromatic carbocycles. The average Bonchev–Trinajstić information content (AvgIpc) is 3.39. The highest BCUT2D eigenvalue weighted by atomic mass is 16.5. The molecular formula is C19H21N3O5. The van der Waals surface area contributed by atoms with E-state index in [1.54, 1.807) is 40.4 Å². The lowest BCUT2D eigenvalue weighted by Gasteiger charge is -2.32. The van der Waals surface area contributed by atoms with Gasteiger partial charge in [0, 0.05) is 25.7 Å². The molecule has 2 saturated heterocycles. The maximum Gasteiger partial charge on any atom is 0.290 e. The van der Waals surface area contributed by atoms with Crippen LogP contribution in [0.15, 0.2) is 47.3 Å². The lowest BCUT2D eigenvalue weighted by molar-refractivity contribution is -0.139. The van der Waals surface area contributed by atoms with Crippen LogP contribution in [0.3, 0.4) is 0 Å². The predicted octanol–water partition coefficient (Wildman–Crippen LogP) is 1.20. The van der Waals surface area contributed by atoms with Crippen LogP contribution in [0.4, 0.5) is 0 Å². The van der Waals surface area contributed by atoms with E-state index >= 15 is 0 Å². The number of aromatic nitrogens is 1. The van der Waals surface area contributed by atoms with Crippen molar-refractivity contribution in [2.45, 2.75) is 18.6 Å². The Bertz CT molecular complexity index is 774. The smallest absolute Gasteiger partial charge is 0.290 e. The molecule has 0 spiro atoms. The van der Waals surface area contributed by atoms with Crippen LogP contribution in [0.2, 0.25) is 0 Å². The number of pyridine rings is 1. The first-order valence-corrected chi connectivity index (χ1v) is 9.00. The molecule has 4 rings (SSSR count). The van der Waals surface area contributed by atoms with Crippen LogP contribution in [-0.2, 0) is 9.53 Å². The second-order valence-corrected chi connectivity index (χ2v) is 6.55. The highest BCUT2D eigenvalue weighted by molar-refractivity contribution is 5.96. The van der Waals surface area contributed by atoms with Gasteiger partial charge in [-0.15, -0.1) is 0 Å². The molecule has 2 aromatic rings. The number of nitrogens with zero attached hydrogens (tertiary/aromatic N) is 3. The van der Waals surface area contributed by atoms with Crippen LogP contribution in [0.5, 0.6) is 5.75 Å². The van der Waals surface area contributed by atoms with Crippen molar-refractivity contribution < 1.29 is 23.5 Å². The zero-order valence-corrected chi connectivity index (χ0v) is 14.8. The average molecular weight is 371 g/mol. The number of amides is 2. The topological polar surface area (TPSA) is 85.1 Å². The number of hydrogen-bond donors (Lipinski definition) is 0. The number of likely N-dealkylation sites (tertiary alicyclic amines) is 1. The molecule has 0 bridgehead atoms. The molecule has 2 atom stereocenters. The van der Waals surface area contributed by atoms with Gasteiger partial charge < -0.3 is 23.7 Å². The fourth-order valence-electron chi connectivity index (χ4n) is 3.49. The number of morpholine rings is 1. The van der Waals surface area contributed by atoms with Crippen LogP contribution < -0.4 is 4.74 Å². The van der Waals surface area contributed by atoms with Crippen LogP contribution >= 0.6 is 0 Å². The lowest BCUT2D eigenvalue weighted by atomic mass is 10.1. The number of hydrogen-bond acceptors (Lipinski definition) is 6. The van der Waals surface area contributed by atoms with Gasteiger partial charge >= 0.3 is 0 Å². The third-order valence-electron chi connectivity index (χ3n) is 4.80. The number of furan rings is 1. The fourth-order valence-corrected chi connectivity index (χ4v) is 3.49. The molecular weight excluding hydrogens is 350 g/mol. The van der Waals surface area contributed by atoms with Gasteiger partial charge in [0.25, 0.3) is 5.91 Å². The Morgan fingerprint density at radius 3 is 2.74 bits per heavy atom. The molecule has 142 valence electrons. The van der Waals surface area contributed by atoms with Crippen LogP contribution in [0.25, 0.3) is 0 Å². The van der Waals surface area contributed by atoms with Gasteiger partial charge in [-0.05, 0) is 24.3 Å². The minimum atomic E-state index is -0.581. The lowest BCUT2D eigenvalue weighted by Crippen LogP contribution is -2.51. The molecule has 0 N–H and O–H groups in total. The minimum absolute atomic E-state index is 0.0736. The first kappa shape index (κ1) is 17.5. The number of carbonyl (C=O) groups is 2. The van der Waals surface area contributed by atoms with Gasteiger partial charge in [0.15, 0.2) is 5.76 Å². The van der Waals surface area contributed by atoms with E-state index in [0.29, 0.717) is 45.0 Å². The summed E-state index contributed by atoms with van der Waals surface area (Å²) in [4.78, 5) is 33.3. The molecule has 8 heteroatoms. The Labute approximate surface area is 156 Å². The van der Waals surface area contributed by atoms with Crippen molar-refractivity contribution in [3.05, 3.63) is 48.7 Å². The Hall–Kier alpha value is -2.87. The molecule has 2 fully saturated rings. The number of rotatable bonds is 4. The summed E-state index contributed by atoms with van der Waals surface area (Å²) in [5, 5.41) is 0. The Balaban J connectivity index is 1.53. The van der Waals surface area contributed by atoms with Crippen molar-refractivity contribution in [3.8, 4) is 5.75 Å². The van der Waals surface area contributed by atoms with E-state index in [-0.39, 0.29) is 23.7 Å². The summed E-state index contributed by atoms with van der Waals surface area (Å²) in [5.41, 5.74) is 0. The maximum absolute atomic E-state index is 13.1. The van der Waals surface area contributed by atoms with Crippen LogP contribution in [0, 0.1) is 0 Å². The van der Waals surface area contributed by atoms with E-state index in [1.807, 2.05) is 6.07 Å². The molecule has 4 heterocycles. The molecule has 2 aliphatic heterocycles. The molecule has 2 aromatic heterocycles. The van der Waals surface area contributed by atoms with Gasteiger partial charge in [-0.2, -0.15) is 0 Å². The summed E-state index contributed by atoms with van der Waals surface area (Å²) in [6.45, 7) is 2.41. The number of ether oxygens (including phenoxy) is 2. The normalized spacial score (nSPS) is 22.7. The summed E-state index contributed by atoms with van der Waals surface area (Å²) in [5.74, 6) is 0.462. The number of carbonyl (C=O) groups excluding carboxylic acids is 2. The molecule has 0 saturated carbocycles. The standard InChI is InChI=1S/C19H21N3O5/c23-18(21-6-9-25-10-7-21)16-11-15(27-14-3-1-5-20-12-14)13-22(16)19(24)17-4-2-8-26-17/h1-5,8,12,15-16H,6-7,9-11,13H2/t15-,16-/m0/s1. The molecule has 8 nitrogen and oxygen atoms in total. The van der Waals surface area contributed by atoms with E-state index in [0.717, 1.165) is 0 Å². The summed E-state index contributed by atoms with van der Waals surface area (Å²) in [6.07, 6.45) is 4.88. The van der Waals surface area contributed by atoms with Crippen molar-refractivity contribution >= 4 is 11.8 Å². The van der Waals surface area contributed by atoms with Gasteiger partial charge in [0.1, 0.15) is 17.9 Å². The molecule has 0 unspecified atom stereocenters. The van der Waals surface area contributed by atoms with Crippen molar-refractivity contribution in [1.29, 1.82) is 0 Å². The second kappa shape index (κ2) is 7.79. The highest BCUT2D eigenvalue weighted by Gasteiger charge is 2.43. The highest BCUT2D eigenvalue weighted by Crippen LogP contribution is 2.26. The van der Waals surface area contributed by atoms with E-state index in [1.165, 1.54) is 6.26 Å². The van der Waals surface area contributed by atoms with Gasteiger partial charge in [0.2, 0.25) is 5.91 Å². The molecule has 0 aliphatic carbocycles. The zero-order valence-electron chi connectivity index (χ0n) is 14.8. The molecule has 0 radical (unpaired) electrons. The summed E-state index contributed by atoms with van der Waals surface area (Å²) in [6, 6.07) is 6.27.